The quantitative estimate of drug-likeness (QED) is 0.765. The van der Waals surface area contributed by atoms with Crippen LogP contribution in [0.2, 0.25) is 0 Å². The van der Waals surface area contributed by atoms with Crippen LogP contribution in [-0.4, -0.2) is 50.8 Å². The van der Waals surface area contributed by atoms with E-state index in [4.69, 9.17) is 9.47 Å². The summed E-state index contributed by atoms with van der Waals surface area (Å²) in [4.78, 5) is 1.57. The molecule has 0 aromatic heterocycles. The van der Waals surface area contributed by atoms with E-state index < -0.39 is 10.0 Å². The third-order valence-electron chi connectivity index (χ3n) is 5.63. The van der Waals surface area contributed by atoms with E-state index in [1.165, 1.54) is 4.90 Å². The monoisotopic (exact) mass is 419 g/mol. The molecule has 0 amide bonds. The molecular formula is C21H27N2O5S+. The highest BCUT2D eigenvalue weighted by Gasteiger charge is 2.31. The van der Waals surface area contributed by atoms with Gasteiger partial charge in [0.05, 0.1) is 36.6 Å². The lowest BCUT2D eigenvalue weighted by Crippen LogP contribution is -3.13. The lowest BCUT2D eigenvalue weighted by Gasteiger charge is -2.31. The largest absolute Gasteiger partial charge is 0.507 e. The van der Waals surface area contributed by atoms with Crippen molar-refractivity contribution in [2.45, 2.75) is 31.2 Å². The molecule has 29 heavy (non-hydrogen) atoms. The van der Waals surface area contributed by atoms with E-state index in [9.17, 15) is 13.5 Å². The summed E-state index contributed by atoms with van der Waals surface area (Å²) in [5.74, 6) is 1.75. The van der Waals surface area contributed by atoms with Crippen molar-refractivity contribution in [2.24, 2.45) is 0 Å². The van der Waals surface area contributed by atoms with Crippen molar-refractivity contribution in [3.8, 4) is 17.2 Å². The highest BCUT2D eigenvalue weighted by molar-refractivity contribution is 7.89. The van der Waals surface area contributed by atoms with Gasteiger partial charge >= 0.3 is 0 Å². The zero-order valence-electron chi connectivity index (χ0n) is 16.7. The number of nitrogens with zero attached hydrogens (tertiary/aromatic N) is 1. The normalized spacial score (nSPS) is 17.8. The number of hydrogen-bond acceptors (Lipinski definition) is 5. The Balaban J connectivity index is 1.40. The summed E-state index contributed by atoms with van der Waals surface area (Å²) >= 11 is 0. The molecule has 2 aliphatic heterocycles. The maximum Gasteiger partial charge on any atom is 0.243 e. The number of rotatable bonds is 5. The number of benzene rings is 2. The molecule has 0 unspecified atom stereocenters. The van der Waals surface area contributed by atoms with Crippen LogP contribution in [-0.2, 0) is 16.6 Å². The number of aromatic hydroxyl groups is 1. The van der Waals surface area contributed by atoms with Crippen LogP contribution in [0.4, 0.5) is 0 Å². The van der Waals surface area contributed by atoms with Gasteiger partial charge in [-0.2, -0.15) is 4.31 Å². The van der Waals surface area contributed by atoms with Crippen molar-refractivity contribution in [3.05, 3.63) is 47.5 Å². The molecule has 0 aliphatic carbocycles. The molecular weight excluding hydrogens is 392 g/mol. The summed E-state index contributed by atoms with van der Waals surface area (Å²) in [5.41, 5.74) is 1.91. The molecule has 0 spiro atoms. The van der Waals surface area contributed by atoms with Crippen molar-refractivity contribution < 1.29 is 27.9 Å². The molecule has 1 fully saturated rings. The fraction of sp³-hybridized carbons (Fsp3) is 0.429. The number of quaternary nitrogens is 1. The number of nitrogens with one attached hydrogen (secondary N) is 1. The summed E-state index contributed by atoms with van der Waals surface area (Å²) in [6, 6.07) is 10.6. The van der Waals surface area contributed by atoms with Crippen molar-refractivity contribution in [2.75, 3.05) is 33.0 Å². The minimum absolute atomic E-state index is 0.166. The summed E-state index contributed by atoms with van der Waals surface area (Å²) in [6.45, 7) is 7.21. The maximum atomic E-state index is 13.0. The van der Waals surface area contributed by atoms with E-state index in [2.05, 4.69) is 13.8 Å². The topological polar surface area (TPSA) is 80.5 Å². The molecule has 2 heterocycles. The third kappa shape index (κ3) is 4.05. The fourth-order valence-corrected chi connectivity index (χ4v) is 5.22. The maximum absolute atomic E-state index is 13.0. The minimum Gasteiger partial charge on any atom is -0.507 e. The van der Waals surface area contributed by atoms with E-state index >= 15 is 0 Å². The SMILES string of the molecule is CC(C)c1ccc(S(=O)(=O)N2CC[NH+](Cc3cc4c(cc3O)OCO4)CC2)cc1. The molecule has 156 valence electrons. The first-order chi connectivity index (χ1) is 13.8. The van der Waals surface area contributed by atoms with Crippen molar-refractivity contribution in [1.29, 1.82) is 0 Å². The number of hydrogen-bond donors (Lipinski definition) is 2. The third-order valence-corrected chi connectivity index (χ3v) is 7.54. The number of phenolic OH excluding ortho intramolecular Hbond substituents is 1. The van der Waals surface area contributed by atoms with Gasteiger partial charge in [0.15, 0.2) is 11.5 Å². The van der Waals surface area contributed by atoms with Crippen LogP contribution < -0.4 is 14.4 Å². The molecule has 2 aliphatic rings. The van der Waals surface area contributed by atoms with Gasteiger partial charge in [0, 0.05) is 6.07 Å². The number of fused-ring (bicyclic) bond motifs is 1. The van der Waals surface area contributed by atoms with Gasteiger partial charge < -0.3 is 19.5 Å². The zero-order valence-corrected chi connectivity index (χ0v) is 17.5. The van der Waals surface area contributed by atoms with Crippen LogP contribution in [0.15, 0.2) is 41.3 Å². The number of ether oxygens (including phenoxy) is 2. The second-order valence-corrected chi connectivity index (χ2v) is 9.83. The summed E-state index contributed by atoms with van der Waals surface area (Å²) in [7, 11) is -3.48. The van der Waals surface area contributed by atoms with Gasteiger partial charge in [0.25, 0.3) is 0 Å². The molecule has 1 saturated heterocycles. The van der Waals surface area contributed by atoms with E-state index in [1.807, 2.05) is 18.2 Å². The van der Waals surface area contributed by atoms with Crippen molar-refractivity contribution in [1.82, 2.24) is 4.31 Å². The van der Waals surface area contributed by atoms with Crippen molar-refractivity contribution >= 4 is 10.0 Å². The first-order valence-electron chi connectivity index (χ1n) is 9.90. The highest BCUT2D eigenvalue weighted by atomic mass is 32.2. The standard InChI is InChI=1S/C21H26N2O5S/c1-15(2)16-3-5-18(6-4-16)29(25,26)23-9-7-22(8-10-23)13-17-11-20-21(12-19(17)24)28-14-27-20/h3-6,11-12,15,24H,7-10,13-14H2,1-2H3/p+1. The lowest BCUT2D eigenvalue weighted by atomic mass is 10.0. The van der Waals surface area contributed by atoms with Crippen LogP contribution in [0.3, 0.4) is 0 Å². The summed E-state index contributed by atoms with van der Waals surface area (Å²) in [5, 5.41) is 10.2. The number of phenols is 1. The van der Waals surface area contributed by atoms with E-state index in [-0.39, 0.29) is 12.5 Å². The second kappa shape index (κ2) is 7.85. The Bertz CT molecular complexity index is 981. The van der Waals surface area contributed by atoms with E-state index in [0.29, 0.717) is 55.0 Å². The number of piperazine rings is 1. The van der Waals surface area contributed by atoms with Gasteiger partial charge in [-0.05, 0) is 29.7 Å². The summed E-state index contributed by atoms with van der Waals surface area (Å²) in [6.07, 6.45) is 0. The first-order valence-corrected chi connectivity index (χ1v) is 11.3. The lowest BCUT2D eigenvalue weighted by molar-refractivity contribution is -0.917. The smallest absolute Gasteiger partial charge is 0.243 e. The van der Waals surface area contributed by atoms with Crippen LogP contribution in [0.1, 0.15) is 30.9 Å². The van der Waals surface area contributed by atoms with E-state index in [1.54, 1.807) is 22.5 Å². The van der Waals surface area contributed by atoms with Gasteiger partial charge in [-0.15, -0.1) is 0 Å². The fourth-order valence-electron chi connectivity index (χ4n) is 3.78. The predicted octanol–water partition coefficient (Wildman–Crippen LogP) is 1.33. The molecule has 2 aromatic rings. The molecule has 8 heteroatoms. The van der Waals surface area contributed by atoms with Crippen LogP contribution in [0.5, 0.6) is 17.2 Å². The highest BCUT2D eigenvalue weighted by Crippen LogP contribution is 2.37. The van der Waals surface area contributed by atoms with Gasteiger partial charge in [-0.3, -0.25) is 0 Å². The molecule has 2 N–H and O–H groups in total. The Labute approximate surface area is 171 Å². The second-order valence-electron chi connectivity index (χ2n) is 7.89. The summed E-state index contributed by atoms with van der Waals surface area (Å²) < 4.78 is 38.1. The molecule has 0 saturated carbocycles. The van der Waals surface area contributed by atoms with Gasteiger partial charge in [0.1, 0.15) is 12.3 Å². The van der Waals surface area contributed by atoms with Gasteiger partial charge in [-0.1, -0.05) is 26.0 Å². The zero-order chi connectivity index (χ0) is 20.6. The van der Waals surface area contributed by atoms with Crippen LogP contribution in [0, 0.1) is 0 Å². The predicted molar refractivity (Wildman–Crippen MR) is 108 cm³/mol. The van der Waals surface area contributed by atoms with E-state index in [0.717, 1.165) is 11.1 Å². The van der Waals surface area contributed by atoms with Crippen LogP contribution in [0.25, 0.3) is 0 Å². The Morgan fingerprint density at radius 3 is 2.31 bits per heavy atom. The molecule has 0 bridgehead atoms. The van der Waals surface area contributed by atoms with Gasteiger partial charge in [-0.25, -0.2) is 8.42 Å². The number of sulfonamides is 1. The Hall–Kier alpha value is -2.29. The Morgan fingerprint density at radius 2 is 1.69 bits per heavy atom. The molecule has 2 aromatic carbocycles. The Morgan fingerprint density at radius 1 is 1.07 bits per heavy atom. The average molecular weight is 420 g/mol. The molecule has 0 atom stereocenters. The van der Waals surface area contributed by atoms with Crippen LogP contribution >= 0.6 is 0 Å². The molecule has 4 rings (SSSR count). The molecule has 7 nitrogen and oxygen atoms in total. The minimum atomic E-state index is -3.48. The average Bonchev–Trinajstić information content (AvgIpc) is 3.16. The van der Waals surface area contributed by atoms with Crippen molar-refractivity contribution in [3.63, 3.8) is 0 Å². The first kappa shape index (κ1) is 20.0. The molecule has 0 radical (unpaired) electrons. The Kier molecular flexibility index (Phi) is 5.42. The van der Waals surface area contributed by atoms with Gasteiger partial charge in [0.2, 0.25) is 16.8 Å².